The van der Waals surface area contributed by atoms with Crippen LogP contribution in [0.4, 0.5) is 5.69 Å². The van der Waals surface area contributed by atoms with Gasteiger partial charge in [0, 0.05) is 24.1 Å². The Kier molecular flexibility index (Phi) is 2.96. The van der Waals surface area contributed by atoms with E-state index in [-0.39, 0.29) is 0 Å². The van der Waals surface area contributed by atoms with Gasteiger partial charge < -0.3 is 15.0 Å². The molecule has 0 unspecified atom stereocenters. The summed E-state index contributed by atoms with van der Waals surface area (Å²) in [6.45, 7) is 2.43. The van der Waals surface area contributed by atoms with E-state index >= 15 is 0 Å². The highest BCUT2D eigenvalue weighted by Gasteiger charge is 2.18. The van der Waals surface area contributed by atoms with Gasteiger partial charge in [-0.05, 0) is 51.4 Å². The fourth-order valence-electron chi connectivity index (χ4n) is 2.71. The van der Waals surface area contributed by atoms with Gasteiger partial charge in [-0.3, -0.25) is 0 Å². The van der Waals surface area contributed by atoms with Crippen molar-refractivity contribution in [2.75, 3.05) is 25.9 Å². The van der Waals surface area contributed by atoms with Crippen molar-refractivity contribution in [3.63, 3.8) is 0 Å². The number of fused-ring (bicyclic) bond motifs is 1. The lowest BCUT2D eigenvalue weighted by Gasteiger charge is -2.28. The standard InChI is InChI=1S/C14H20N4/c1-17-5-2-11(3-6-17)8-13-10-18-7-4-12(15)9-14(18)16-13/h4,7,9-11H,2-3,5-6,8,15H2,1H3. The number of anilines is 1. The molecule has 0 amide bonds. The zero-order valence-electron chi connectivity index (χ0n) is 10.8. The zero-order chi connectivity index (χ0) is 12.5. The summed E-state index contributed by atoms with van der Waals surface area (Å²) in [5.41, 5.74) is 8.70. The quantitative estimate of drug-likeness (QED) is 0.876. The van der Waals surface area contributed by atoms with E-state index in [1.165, 1.54) is 31.6 Å². The third-order valence-electron chi connectivity index (χ3n) is 3.87. The number of aromatic nitrogens is 2. The van der Waals surface area contributed by atoms with Crippen LogP contribution in [0, 0.1) is 5.92 Å². The molecule has 0 aliphatic carbocycles. The van der Waals surface area contributed by atoms with Crippen molar-refractivity contribution < 1.29 is 0 Å². The molecular formula is C14H20N4. The fourth-order valence-corrected chi connectivity index (χ4v) is 2.71. The maximum Gasteiger partial charge on any atom is 0.139 e. The lowest BCUT2D eigenvalue weighted by molar-refractivity contribution is 0.218. The van der Waals surface area contributed by atoms with Gasteiger partial charge >= 0.3 is 0 Å². The summed E-state index contributed by atoms with van der Waals surface area (Å²) in [4.78, 5) is 7.06. The SMILES string of the molecule is CN1CCC(Cc2cn3ccc(N)cc3n2)CC1. The molecule has 96 valence electrons. The molecule has 4 nitrogen and oxygen atoms in total. The molecule has 1 fully saturated rings. The summed E-state index contributed by atoms with van der Waals surface area (Å²) in [7, 11) is 2.20. The van der Waals surface area contributed by atoms with Gasteiger partial charge in [-0.1, -0.05) is 0 Å². The number of rotatable bonds is 2. The Morgan fingerprint density at radius 1 is 1.39 bits per heavy atom. The van der Waals surface area contributed by atoms with E-state index < -0.39 is 0 Å². The third-order valence-corrected chi connectivity index (χ3v) is 3.87. The van der Waals surface area contributed by atoms with Crippen molar-refractivity contribution >= 4 is 11.3 Å². The van der Waals surface area contributed by atoms with Crippen LogP contribution < -0.4 is 5.73 Å². The molecule has 0 aromatic carbocycles. The van der Waals surface area contributed by atoms with Gasteiger partial charge in [-0.15, -0.1) is 0 Å². The van der Waals surface area contributed by atoms with Gasteiger partial charge in [-0.25, -0.2) is 4.98 Å². The van der Waals surface area contributed by atoms with Crippen LogP contribution in [0.5, 0.6) is 0 Å². The molecule has 0 saturated carbocycles. The van der Waals surface area contributed by atoms with Crippen molar-refractivity contribution in [2.45, 2.75) is 19.3 Å². The van der Waals surface area contributed by atoms with Crippen molar-refractivity contribution in [1.82, 2.24) is 14.3 Å². The topological polar surface area (TPSA) is 46.6 Å². The van der Waals surface area contributed by atoms with Crippen LogP contribution in [-0.2, 0) is 6.42 Å². The molecule has 1 aliphatic heterocycles. The second kappa shape index (κ2) is 4.61. The molecule has 2 N–H and O–H groups in total. The third kappa shape index (κ3) is 2.34. The average molecular weight is 244 g/mol. The molecule has 2 aromatic heterocycles. The van der Waals surface area contributed by atoms with Gasteiger partial charge in [0.25, 0.3) is 0 Å². The number of nitrogen functional groups attached to an aromatic ring is 1. The summed E-state index contributed by atoms with van der Waals surface area (Å²) >= 11 is 0. The summed E-state index contributed by atoms with van der Waals surface area (Å²) in [5.74, 6) is 0.781. The van der Waals surface area contributed by atoms with Crippen molar-refractivity contribution in [2.24, 2.45) is 5.92 Å². The Labute approximate surface area is 107 Å². The van der Waals surface area contributed by atoms with E-state index in [2.05, 4.69) is 27.5 Å². The molecule has 2 aromatic rings. The maximum atomic E-state index is 5.77. The first-order valence-corrected chi connectivity index (χ1v) is 6.62. The van der Waals surface area contributed by atoms with Gasteiger partial charge in [-0.2, -0.15) is 0 Å². The highest BCUT2D eigenvalue weighted by molar-refractivity contribution is 5.52. The molecule has 1 saturated heterocycles. The summed E-state index contributed by atoms with van der Waals surface area (Å²) in [5, 5.41) is 0. The minimum atomic E-state index is 0.777. The Hall–Kier alpha value is -1.55. The van der Waals surface area contributed by atoms with Crippen LogP contribution in [-0.4, -0.2) is 34.4 Å². The minimum absolute atomic E-state index is 0.777. The second-order valence-corrected chi connectivity index (χ2v) is 5.41. The number of piperidine rings is 1. The largest absolute Gasteiger partial charge is 0.399 e. The first-order chi connectivity index (χ1) is 8.70. The van der Waals surface area contributed by atoms with Gasteiger partial charge in [0.2, 0.25) is 0 Å². The van der Waals surface area contributed by atoms with Crippen LogP contribution in [0.3, 0.4) is 0 Å². The molecule has 0 radical (unpaired) electrons. The highest BCUT2D eigenvalue weighted by atomic mass is 15.1. The van der Waals surface area contributed by atoms with Crippen molar-refractivity contribution in [3.05, 3.63) is 30.2 Å². The molecule has 4 heteroatoms. The molecular weight excluding hydrogens is 224 g/mol. The Morgan fingerprint density at radius 3 is 2.94 bits per heavy atom. The monoisotopic (exact) mass is 244 g/mol. The molecule has 0 bridgehead atoms. The van der Waals surface area contributed by atoms with E-state index in [1.54, 1.807) is 0 Å². The van der Waals surface area contributed by atoms with Crippen LogP contribution >= 0.6 is 0 Å². The van der Waals surface area contributed by atoms with E-state index in [0.717, 1.165) is 23.7 Å². The summed E-state index contributed by atoms with van der Waals surface area (Å²) in [6.07, 6.45) is 7.78. The van der Waals surface area contributed by atoms with Gasteiger partial charge in [0.15, 0.2) is 0 Å². The number of imidazole rings is 1. The van der Waals surface area contributed by atoms with E-state index in [9.17, 15) is 0 Å². The molecule has 0 atom stereocenters. The predicted octanol–water partition coefficient (Wildman–Crippen LogP) is 1.80. The summed E-state index contributed by atoms with van der Waals surface area (Å²) < 4.78 is 2.06. The predicted molar refractivity (Wildman–Crippen MR) is 73.5 cm³/mol. The molecule has 3 rings (SSSR count). The Balaban J connectivity index is 1.74. The normalized spacial score (nSPS) is 18.5. The van der Waals surface area contributed by atoms with E-state index in [0.29, 0.717) is 0 Å². The lowest BCUT2D eigenvalue weighted by Crippen LogP contribution is -2.30. The van der Waals surface area contributed by atoms with Crippen LogP contribution in [0.25, 0.3) is 5.65 Å². The number of hydrogen-bond donors (Lipinski definition) is 1. The number of likely N-dealkylation sites (tertiary alicyclic amines) is 1. The average Bonchev–Trinajstić information content (AvgIpc) is 2.73. The second-order valence-electron chi connectivity index (χ2n) is 5.41. The van der Waals surface area contributed by atoms with Crippen molar-refractivity contribution in [3.8, 4) is 0 Å². The first kappa shape index (κ1) is 11.5. The Morgan fingerprint density at radius 2 is 2.17 bits per heavy atom. The lowest BCUT2D eigenvalue weighted by atomic mass is 9.93. The summed E-state index contributed by atoms with van der Waals surface area (Å²) in [6, 6.07) is 3.84. The van der Waals surface area contributed by atoms with Crippen LogP contribution in [0.1, 0.15) is 18.5 Å². The maximum absolute atomic E-state index is 5.77. The molecule has 1 aliphatic rings. The van der Waals surface area contributed by atoms with E-state index in [1.807, 2.05) is 18.3 Å². The van der Waals surface area contributed by atoms with Gasteiger partial charge in [0.1, 0.15) is 5.65 Å². The highest BCUT2D eigenvalue weighted by Crippen LogP contribution is 2.21. The van der Waals surface area contributed by atoms with Gasteiger partial charge in [0.05, 0.1) is 5.69 Å². The Bertz CT molecular complexity index is 538. The molecule has 3 heterocycles. The fraction of sp³-hybridized carbons (Fsp3) is 0.500. The molecule has 0 spiro atoms. The zero-order valence-corrected chi connectivity index (χ0v) is 10.8. The number of hydrogen-bond acceptors (Lipinski definition) is 3. The van der Waals surface area contributed by atoms with Crippen LogP contribution in [0.15, 0.2) is 24.5 Å². The smallest absolute Gasteiger partial charge is 0.139 e. The number of nitrogens with zero attached hydrogens (tertiary/aromatic N) is 3. The van der Waals surface area contributed by atoms with Crippen molar-refractivity contribution in [1.29, 1.82) is 0 Å². The number of pyridine rings is 1. The van der Waals surface area contributed by atoms with E-state index in [4.69, 9.17) is 5.73 Å². The molecule has 18 heavy (non-hydrogen) atoms. The first-order valence-electron chi connectivity index (χ1n) is 6.62. The minimum Gasteiger partial charge on any atom is -0.399 e. The van der Waals surface area contributed by atoms with Crippen LogP contribution in [0.2, 0.25) is 0 Å². The number of nitrogens with two attached hydrogens (primary N) is 1.